The van der Waals surface area contributed by atoms with Gasteiger partial charge < -0.3 is 5.32 Å². The van der Waals surface area contributed by atoms with Crippen molar-refractivity contribution < 1.29 is 9.59 Å². The van der Waals surface area contributed by atoms with Gasteiger partial charge in [0.05, 0.1) is 6.42 Å². The molecule has 2 heterocycles. The van der Waals surface area contributed by atoms with Crippen LogP contribution < -0.4 is 10.6 Å². The number of nitrogens with zero attached hydrogens (tertiary/aromatic N) is 3. The fourth-order valence-electron chi connectivity index (χ4n) is 1.97. The summed E-state index contributed by atoms with van der Waals surface area (Å²) in [6.45, 7) is 0. The number of fused-ring (bicyclic) bond motifs is 1. The number of aromatic nitrogens is 3. The van der Waals surface area contributed by atoms with Crippen molar-refractivity contribution in [2.75, 3.05) is 10.6 Å². The second-order valence-electron chi connectivity index (χ2n) is 4.29. The molecule has 1 atom stereocenters. The normalized spacial score (nSPS) is 16.6. The highest BCUT2D eigenvalue weighted by molar-refractivity contribution is 9.10. The second kappa shape index (κ2) is 5.04. The summed E-state index contributed by atoms with van der Waals surface area (Å²) in [6, 6.07) is 6.55. The summed E-state index contributed by atoms with van der Waals surface area (Å²) in [5.41, 5.74) is 0.676. The lowest BCUT2D eigenvalue weighted by Gasteiger charge is -2.09. The van der Waals surface area contributed by atoms with Gasteiger partial charge in [0.2, 0.25) is 11.9 Å². The highest BCUT2D eigenvalue weighted by Gasteiger charge is 2.33. The third kappa shape index (κ3) is 2.42. The van der Waals surface area contributed by atoms with Gasteiger partial charge in [0.1, 0.15) is 12.4 Å². The van der Waals surface area contributed by atoms with Crippen molar-refractivity contribution in [2.24, 2.45) is 0 Å². The van der Waals surface area contributed by atoms with E-state index in [0.29, 0.717) is 11.6 Å². The van der Waals surface area contributed by atoms with Crippen LogP contribution in [0.2, 0.25) is 0 Å². The molecule has 8 heteroatoms. The van der Waals surface area contributed by atoms with Crippen LogP contribution in [0, 0.1) is 0 Å². The van der Waals surface area contributed by atoms with Gasteiger partial charge in [-0.05, 0) is 24.3 Å². The number of carbonyl (C=O) groups excluding carboxylic acids is 2. The molecule has 1 aromatic heterocycles. The summed E-state index contributed by atoms with van der Waals surface area (Å²) in [5, 5.41) is 9.24. The summed E-state index contributed by atoms with van der Waals surface area (Å²) in [4.78, 5) is 27.6. The van der Waals surface area contributed by atoms with Gasteiger partial charge in [0, 0.05) is 10.2 Å². The van der Waals surface area contributed by atoms with Crippen molar-refractivity contribution in [3.05, 3.63) is 35.1 Å². The van der Waals surface area contributed by atoms with E-state index in [0.717, 1.165) is 4.47 Å². The van der Waals surface area contributed by atoms with Gasteiger partial charge in [0.25, 0.3) is 5.91 Å². The van der Waals surface area contributed by atoms with Gasteiger partial charge in [-0.25, -0.2) is 4.68 Å². The first kappa shape index (κ1) is 12.8. The van der Waals surface area contributed by atoms with Crippen molar-refractivity contribution in [3.8, 4) is 0 Å². The largest absolute Gasteiger partial charge is 0.326 e. The minimum absolute atomic E-state index is 0.0122. The van der Waals surface area contributed by atoms with Crippen LogP contribution in [0.25, 0.3) is 0 Å². The van der Waals surface area contributed by atoms with Crippen molar-refractivity contribution in [1.29, 1.82) is 0 Å². The second-order valence-corrected chi connectivity index (χ2v) is 5.21. The number of hydrogen-bond donors (Lipinski definition) is 2. The van der Waals surface area contributed by atoms with Crippen LogP contribution in [-0.2, 0) is 9.59 Å². The molecular weight excluding hydrogens is 326 g/mol. The lowest BCUT2D eigenvalue weighted by molar-refractivity contribution is -0.123. The van der Waals surface area contributed by atoms with E-state index >= 15 is 0 Å². The fourth-order valence-corrected chi connectivity index (χ4v) is 2.24. The van der Waals surface area contributed by atoms with Crippen LogP contribution in [0.4, 0.5) is 11.6 Å². The molecule has 0 radical (unpaired) electrons. The van der Waals surface area contributed by atoms with Crippen molar-refractivity contribution >= 4 is 39.4 Å². The van der Waals surface area contributed by atoms with Crippen LogP contribution in [0.3, 0.4) is 0 Å². The molecular formula is C12H10BrN5O2. The van der Waals surface area contributed by atoms with E-state index in [1.165, 1.54) is 11.0 Å². The van der Waals surface area contributed by atoms with E-state index in [4.69, 9.17) is 0 Å². The first-order chi connectivity index (χ1) is 9.63. The van der Waals surface area contributed by atoms with E-state index in [9.17, 15) is 9.59 Å². The molecule has 0 spiro atoms. The maximum atomic E-state index is 12.0. The maximum Gasteiger partial charge on any atom is 0.252 e. The molecule has 20 heavy (non-hydrogen) atoms. The Kier molecular flexibility index (Phi) is 3.23. The summed E-state index contributed by atoms with van der Waals surface area (Å²) >= 11 is 3.32. The third-order valence-electron chi connectivity index (χ3n) is 2.91. The van der Waals surface area contributed by atoms with E-state index in [-0.39, 0.29) is 18.2 Å². The first-order valence-electron chi connectivity index (χ1n) is 5.89. The zero-order valence-corrected chi connectivity index (χ0v) is 11.8. The maximum absolute atomic E-state index is 12.0. The lowest BCUT2D eigenvalue weighted by Crippen LogP contribution is -2.23. The lowest BCUT2D eigenvalue weighted by atomic mass is 10.2. The van der Waals surface area contributed by atoms with E-state index in [1.54, 1.807) is 12.1 Å². The Morgan fingerprint density at radius 2 is 2.15 bits per heavy atom. The topological polar surface area (TPSA) is 88.9 Å². The Balaban J connectivity index is 1.68. The van der Waals surface area contributed by atoms with Gasteiger partial charge in [-0.2, -0.15) is 10.1 Å². The molecule has 0 bridgehead atoms. The summed E-state index contributed by atoms with van der Waals surface area (Å²) < 4.78 is 2.35. The number of hydrogen-bond acceptors (Lipinski definition) is 4. The van der Waals surface area contributed by atoms with Gasteiger partial charge >= 0.3 is 0 Å². The number of benzene rings is 1. The molecule has 102 valence electrons. The van der Waals surface area contributed by atoms with Crippen LogP contribution in [-0.4, -0.2) is 26.6 Å². The van der Waals surface area contributed by atoms with Crippen LogP contribution in [0.1, 0.15) is 12.5 Å². The Labute approximate surface area is 122 Å². The predicted molar refractivity (Wildman–Crippen MR) is 75.1 cm³/mol. The highest BCUT2D eigenvalue weighted by Crippen LogP contribution is 2.24. The van der Waals surface area contributed by atoms with Gasteiger partial charge in [-0.15, -0.1) is 0 Å². The third-order valence-corrected chi connectivity index (χ3v) is 3.44. The predicted octanol–water partition coefficient (Wildman–Crippen LogP) is 1.56. The minimum Gasteiger partial charge on any atom is -0.326 e. The molecule has 7 nitrogen and oxygen atoms in total. The van der Waals surface area contributed by atoms with E-state index < -0.39 is 6.04 Å². The number of carbonyl (C=O) groups is 2. The van der Waals surface area contributed by atoms with E-state index in [1.807, 2.05) is 12.1 Å². The zero-order chi connectivity index (χ0) is 14.1. The number of anilines is 2. The molecule has 1 aliphatic heterocycles. The molecule has 0 unspecified atom stereocenters. The molecule has 1 aliphatic rings. The van der Waals surface area contributed by atoms with Crippen LogP contribution in [0.5, 0.6) is 0 Å². The Bertz CT molecular complexity index is 667. The zero-order valence-electron chi connectivity index (χ0n) is 10.2. The van der Waals surface area contributed by atoms with Crippen LogP contribution in [0.15, 0.2) is 35.1 Å². The van der Waals surface area contributed by atoms with Crippen molar-refractivity contribution in [2.45, 2.75) is 12.5 Å². The summed E-state index contributed by atoms with van der Waals surface area (Å²) in [6.07, 6.45) is 1.35. The van der Waals surface area contributed by atoms with Gasteiger partial charge in [-0.1, -0.05) is 15.9 Å². The van der Waals surface area contributed by atoms with Gasteiger partial charge in [-0.3, -0.25) is 14.9 Å². The summed E-state index contributed by atoms with van der Waals surface area (Å²) in [7, 11) is 0. The van der Waals surface area contributed by atoms with Gasteiger partial charge in [0.15, 0.2) is 0 Å². The quantitative estimate of drug-likeness (QED) is 0.890. The molecule has 0 aliphatic carbocycles. The van der Waals surface area contributed by atoms with Crippen LogP contribution >= 0.6 is 15.9 Å². The Morgan fingerprint density at radius 1 is 1.40 bits per heavy atom. The average Bonchev–Trinajstić information content (AvgIpc) is 2.96. The number of rotatable bonds is 3. The van der Waals surface area contributed by atoms with E-state index in [2.05, 4.69) is 36.6 Å². The molecule has 2 N–H and O–H groups in total. The smallest absolute Gasteiger partial charge is 0.252 e. The molecule has 2 amide bonds. The summed E-state index contributed by atoms with van der Waals surface area (Å²) in [5.74, 6) is -0.154. The minimum atomic E-state index is -0.650. The Hall–Kier alpha value is -2.22. The molecule has 0 fully saturated rings. The number of nitrogens with one attached hydrogen (secondary N) is 2. The standard InChI is InChI=1S/C12H10BrN5O2/c13-7-1-3-8(4-2-7)16-10(19)5-9-11(20)17-12-14-6-15-18(9)12/h1-4,6,9H,5H2,(H,16,19)(H,14,15,17,20)/t9-/m1/s1. The SMILES string of the molecule is O=C(C[C@@H]1C(=O)Nc2ncnn21)Nc1ccc(Br)cc1. The molecule has 0 saturated carbocycles. The molecule has 1 aromatic carbocycles. The first-order valence-corrected chi connectivity index (χ1v) is 6.68. The van der Waals surface area contributed by atoms with Crippen molar-refractivity contribution in [1.82, 2.24) is 14.8 Å². The molecule has 2 aromatic rings. The molecule has 0 saturated heterocycles. The highest BCUT2D eigenvalue weighted by atomic mass is 79.9. The van der Waals surface area contributed by atoms with Crippen molar-refractivity contribution in [3.63, 3.8) is 0 Å². The Morgan fingerprint density at radius 3 is 2.90 bits per heavy atom. The molecule has 3 rings (SSSR count). The number of amides is 2. The average molecular weight is 336 g/mol. The fraction of sp³-hybridized carbons (Fsp3) is 0.167. The monoisotopic (exact) mass is 335 g/mol. The number of halogens is 1.